The maximum Gasteiger partial charge on any atom is 0.154 e. The Morgan fingerprint density at radius 3 is 2.81 bits per heavy atom. The molecule has 0 atom stereocenters. The molecule has 0 heterocycles. The smallest absolute Gasteiger partial charge is 0.154 e. The highest BCUT2D eigenvalue weighted by Crippen LogP contribution is 2.24. The van der Waals surface area contributed by atoms with E-state index in [2.05, 4.69) is 11.9 Å². The number of aliphatic imine (C=N–C) groups is 1. The summed E-state index contributed by atoms with van der Waals surface area (Å²) < 4.78 is 0. The fourth-order valence-electron chi connectivity index (χ4n) is 1.06. The number of hydrogen-bond donors (Lipinski definition) is 1. The van der Waals surface area contributed by atoms with Crippen LogP contribution in [-0.4, -0.2) is 11.7 Å². The van der Waals surface area contributed by atoms with Gasteiger partial charge in [-0.3, -0.25) is 4.99 Å². The number of rotatable bonds is 4. The summed E-state index contributed by atoms with van der Waals surface area (Å²) in [5.41, 5.74) is 6.75. The van der Waals surface area contributed by atoms with E-state index in [1.54, 1.807) is 6.07 Å². The van der Waals surface area contributed by atoms with Crippen molar-refractivity contribution < 1.29 is 0 Å². The predicted molar refractivity (Wildman–Crippen MR) is 74.5 cm³/mol. The average molecular weight is 277 g/mol. The zero-order valence-electron chi connectivity index (χ0n) is 9.04. The zero-order chi connectivity index (χ0) is 12.0. The normalized spacial score (nSPS) is 11.8. The molecule has 0 saturated carbocycles. The van der Waals surface area contributed by atoms with Gasteiger partial charge in [-0.2, -0.15) is 0 Å². The third kappa shape index (κ3) is 4.64. The van der Waals surface area contributed by atoms with Crippen molar-refractivity contribution in [2.24, 2.45) is 10.7 Å². The van der Waals surface area contributed by atoms with Crippen LogP contribution in [0.4, 0.5) is 0 Å². The van der Waals surface area contributed by atoms with Crippen LogP contribution < -0.4 is 5.73 Å². The summed E-state index contributed by atoms with van der Waals surface area (Å²) in [6.07, 6.45) is 1.00. The number of thioether (sulfide) groups is 1. The molecule has 0 aliphatic carbocycles. The van der Waals surface area contributed by atoms with Gasteiger partial charge in [0.15, 0.2) is 5.17 Å². The van der Waals surface area contributed by atoms with Crippen molar-refractivity contribution in [3.8, 4) is 0 Å². The lowest BCUT2D eigenvalue weighted by Gasteiger charge is -2.04. The van der Waals surface area contributed by atoms with Gasteiger partial charge in [0.25, 0.3) is 0 Å². The molecule has 1 aromatic rings. The Hall–Kier alpha value is -0.380. The second kappa shape index (κ2) is 7.05. The molecule has 0 radical (unpaired) electrons. The Morgan fingerprint density at radius 1 is 1.44 bits per heavy atom. The summed E-state index contributed by atoms with van der Waals surface area (Å²) in [6, 6.07) is 5.46. The van der Waals surface area contributed by atoms with E-state index < -0.39 is 0 Å². The third-order valence-corrected chi connectivity index (χ3v) is 3.35. The third-order valence-electron chi connectivity index (χ3n) is 1.88. The van der Waals surface area contributed by atoms with E-state index in [0.29, 0.717) is 15.2 Å². The van der Waals surface area contributed by atoms with Crippen LogP contribution >= 0.6 is 35.0 Å². The van der Waals surface area contributed by atoms with Crippen LogP contribution in [0.1, 0.15) is 18.9 Å². The molecule has 1 rings (SSSR count). The first kappa shape index (κ1) is 13.7. The van der Waals surface area contributed by atoms with Gasteiger partial charge >= 0.3 is 0 Å². The fraction of sp³-hybridized carbons (Fsp3) is 0.364. The van der Waals surface area contributed by atoms with Crippen LogP contribution in [0.3, 0.4) is 0 Å². The van der Waals surface area contributed by atoms with Crippen molar-refractivity contribution in [2.45, 2.75) is 19.1 Å². The van der Waals surface area contributed by atoms with Gasteiger partial charge in [-0.05, 0) is 24.1 Å². The summed E-state index contributed by atoms with van der Waals surface area (Å²) >= 11 is 13.3. The number of nitrogens with zero attached hydrogens (tertiary/aromatic N) is 1. The van der Waals surface area contributed by atoms with Crippen LogP contribution in [0.15, 0.2) is 23.2 Å². The Labute approximate surface area is 110 Å². The summed E-state index contributed by atoms with van der Waals surface area (Å²) in [5, 5.41) is 1.92. The van der Waals surface area contributed by atoms with E-state index in [9.17, 15) is 0 Å². The number of hydrogen-bond acceptors (Lipinski definition) is 2. The van der Waals surface area contributed by atoms with E-state index in [1.807, 2.05) is 12.1 Å². The van der Waals surface area contributed by atoms with E-state index in [-0.39, 0.29) is 0 Å². The standard InChI is InChI=1S/C11H14Cl2N2S/c1-2-5-15-11(14)16-7-8-3-4-9(12)6-10(8)13/h3-4,6H,2,5,7H2,1H3,(H2,14,15). The average Bonchev–Trinajstić information content (AvgIpc) is 2.25. The van der Waals surface area contributed by atoms with Crippen molar-refractivity contribution in [1.82, 2.24) is 0 Å². The number of halogens is 2. The largest absolute Gasteiger partial charge is 0.379 e. The summed E-state index contributed by atoms with van der Waals surface area (Å²) in [5.74, 6) is 0.717. The first-order valence-corrected chi connectivity index (χ1v) is 6.74. The van der Waals surface area contributed by atoms with Gasteiger partial charge in [-0.25, -0.2) is 0 Å². The Kier molecular flexibility index (Phi) is 6.03. The van der Waals surface area contributed by atoms with Crippen LogP contribution in [-0.2, 0) is 5.75 Å². The van der Waals surface area contributed by atoms with Crippen molar-refractivity contribution >= 4 is 40.1 Å². The van der Waals surface area contributed by atoms with Gasteiger partial charge in [0, 0.05) is 22.3 Å². The predicted octanol–water partition coefficient (Wildman–Crippen LogP) is 3.95. The molecule has 0 saturated heterocycles. The molecule has 0 amide bonds. The highest BCUT2D eigenvalue weighted by molar-refractivity contribution is 8.13. The molecule has 0 aliphatic rings. The van der Waals surface area contributed by atoms with Gasteiger partial charge in [-0.1, -0.05) is 48.0 Å². The van der Waals surface area contributed by atoms with E-state index >= 15 is 0 Å². The first-order chi connectivity index (χ1) is 7.63. The Bertz CT molecular complexity index is 380. The lowest BCUT2D eigenvalue weighted by molar-refractivity contribution is 0.934. The van der Waals surface area contributed by atoms with E-state index in [0.717, 1.165) is 24.3 Å². The van der Waals surface area contributed by atoms with Crippen molar-refractivity contribution in [1.29, 1.82) is 0 Å². The fourth-order valence-corrected chi connectivity index (χ4v) is 2.35. The maximum atomic E-state index is 6.04. The zero-order valence-corrected chi connectivity index (χ0v) is 11.4. The molecule has 16 heavy (non-hydrogen) atoms. The molecule has 2 nitrogen and oxygen atoms in total. The molecule has 0 aliphatic heterocycles. The lowest BCUT2D eigenvalue weighted by atomic mass is 10.2. The minimum absolute atomic E-state index is 0.605. The van der Waals surface area contributed by atoms with E-state index in [4.69, 9.17) is 28.9 Å². The van der Waals surface area contributed by atoms with Gasteiger partial charge < -0.3 is 5.73 Å². The number of benzene rings is 1. The molecule has 0 spiro atoms. The molecular formula is C11H14Cl2N2S. The first-order valence-electron chi connectivity index (χ1n) is 5.00. The number of amidine groups is 1. The quantitative estimate of drug-likeness (QED) is 0.668. The van der Waals surface area contributed by atoms with Gasteiger partial charge in [0.2, 0.25) is 0 Å². The van der Waals surface area contributed by atoms with Gasteiger partial charge in [-0.15, -0.1) is 0 Å². The molecule has 2 N–H and O–H groups in total. The minimum Gasteiger partial charge on any atom is -0.379 e. The Balaban J connectivity index is 2.54. The van der Waals surface area contributed by atoms with Crippen molar-refractivity contribution in [3.63, 3.8) is 0 Å². The Morgan fingerprint density at radius 2 is 2.19 bits per heavy atom. The molecule has 5 heteroatoms. The molecule has 0 aromatic heterocycles. The maximum absolute atomic E-state index is 6.04. The summed E-state index contributed by atoms with van der Waals surface area (Å²) in [7, 11) is 0. The molecule has 0 bridgehead atoms. The highest BCUT2D eigenvalue weighted by Gasteiger charge is 2.02. The number of nitrogens with two attached hydrogens (primary N) is 1. The molecular weight excluding hydrogens is 263 g/mol. The lowest BCUT2D eigenvalue weighted by Crippen LogP contribution is -2.07. The molecule has 0 unspecified atom stereocenters. The second-order valence-electron chi connectivity index (χ2n) is 3.24. The molecule has 88 valence electrons. The monoisotopic (exact) mass is 276 g/mol. The van der Waals surface area contributed by atoms with Crippen molar-refractivity contribution in [3.05, 3.63) is 33.8 Å². The highest BCUT2D eigenvalue weighted by atomic mass is 35.5. The van der Waals surface area contributed by atoms with Crippen LogP contribution in [0.2, 0.25) is 10.0 Å². The second-order valence-corrected chi connectivity index (χ2v) is 5.08. The molecule has 0 fully saturated rings. The van der Waals surface area contributed by atoms with Crippen molar-refractivity contribution in [2.75, 3.05) is 6.54 Å². The van der Waals surface area contributed by atoms with Crippen LogP contribution in [0.5, 0.6) is 0 Å². The van der Waals surface area contributed by atoms with Crippen LogP contribution in [0, 0.1) is 0 Å². The van der Waals surface area contributed by atoms with Gasteiger partial charge in [0.05, 0.1) is 0 Å². The molecule has 1 aromatic carbocycles. The van der Waals surface area contributed by atoms with Gasteiger partial charge in [0.1, 0.15) is 0 Å². The summed E-state index contributed by atoms with van der Waals surface area (Å²) in [6.45, 7) is 2.84. The minimum atomic E-state index is 0.605. The summed E-state index contributed by atoms with van der Waals surface area (Å²) in [4.78, 5) is 4.19. The van der Waals surface area contributed by atoms with E-state index in [1.165, 1.54) is 11.8 Å². The topological polar surface area (TPSA) is 38.4 Å². The SMILES string of the molecule is CCCN=C(N)SCc1ccc(Cl)cc1Cl. The van der Waals surface area contributed by atoms with Crippen LogP contribution in [0.25, 0.3) is 0 Å².